The lowest BCUT2D eigenvalue weighted by atomic mass is 10.0. The van der Waals surface area contributed by atoms with Crippen LogP contribution in [0.3, 0.4) is 0 Å². The predicted octanol–water partition coefficient (Wildman–Crippen LogP) is 4.41. The van der Waals surface area contributed by atoms with Gasteiger partial charge in [0.1, 0.15) is 4.88 Å². The van der Waals surface area contributed by atoms with E-state index in [1.165, 1.54) is 35.3 Å². The third-order valence-corrected chi connectivity index (χ3v) is 8.22. The van der Waals surface area contributed by atoms with Crippen LogP contribution in [-0.2, 0) is 21.8 Å². The van der Waals surface area contributed by atoms with Crippen molar-refractivity contribution < 1.29 is 17.9 Å². The second-order valence-corrected chi connectivity index (χ2v) is 11.0. The fourth-order valence-corrected chi connectivity index (χ4v) is 5.98. The van der Waals surface area contributed by atoms with Crippen LogP contribution in [0, 0.1) is 6.92 Å². The molecule has 4 rings (SSSR count). The Balaban J connectivity index is 1.63. The highest BCUT2D eigenvalue weighted by atomic mass is 32.2. The number of carbonyl (C=O) groups excluding carboxylic acids is 1. The second-order valence-electron chi connectivity index (χ2n) is 8.25. The van der Waals surface area contributed by atoms with Gasteiger partial charge in [-0.3, -0.25) is 14.2 Å². The van der Waals surface area contributed by atoms with Gasteiger partial charge in [-0.1, -0.05) is 13.8 Å². The third kappa shape index (κ3) is 4.14. The molecule has 34 heavy (non-hydrogen) atoms. The molecule has 10 heteroatoms. The lowest BCUT2D eigenvalue weighted by molar-refractivity contribution is 0.0606. The number of hydrogen-bond donors (Lipinski definition) is 1. The molecule has 178 valence electrons. The Morgan fingerprint density at radius 2 is 1.76 bits per heavy atom. The molecule has 0 amide bonds. The molecule has 8 nitrogen and oxygen atoms in total. The molecule has 4 aromatic rings. The van der Waals surface area contributed by atoms with Crippen LogP contribution in [0.4, 0.5) is 5.69 Å². The van der Waals surface area contributed by atoms with Crippen molar-refractivity contribution in [3.05, 3.63) is 75.0 Å². The van der Waals surface area contributed by atoms with Crippen LogP contribution in [0.5, 0.6) is 0 Å². The summed E-state index contributed by atoms with van der Waals surface area (Å²) in [6, 6.07) is 12.9. The minimum Gasteiger partial charge on any atom is -0.465 e. The Morgan fingerprint density at radius 3 is 2.35 bits per heavy atom. The number of aromatic nitrogens is 2. The van der Waals surface area contributed by atoms with Gasteiger partial charge in [0.25, 0.3) is 15.6 Å². The first-order chi connectivity index (χ1) is 16.0. The summed E-state index contributed by atoms with van der Waals surface area (Å²) in [5, 5.41) is 0.736. The third-order valence-electron chi connectivity index (χ3n) is 5.72. The number of carbonyl (C=O) groups is 1. The van der Waals surface area contributed by atoms with Crippen LogP contribution in [0.2, 0.25) is 0 Å². The molecule has 1 N–H and O–H groups in total. The van der Waals surface area contributed by atoms with Gasteiger partial charge in [-0.25, -0.2) is 17.9 Å². The Bertz CT molecular complexity index is 1560. The van der Waals surface area contributed by atoms with Crippen molar-refractivity contribution in [2.75, 3.05) is 11.8 Å². The molecule has 0 saturated heterocycles. The molecule has 0 atom stereocenters. The van der Waals surface area contributed by atoms with E-state index < -0.39 is 16.0 Å². The molecule has 2 aromatic heterocycles. The van der Waals surface area contributed by atoms with Crippen LogP contribution in [0.15, 0.2) is 58.2 Å². The molecule has 0 bridgehead atoms. The highest BCUT2D eigenvalue weighted by Crippen LogP contribution is 2.29. The highest BCUT2D eigenvalue weighted by molar-refractivity contribution is 7.92. The van der Waals surface area contributed by atoms with E-state index in [1.807, 2.05) is 20.8 Å². The molecule has 2 aromatic carbocycles. The summed E-state index contributed by atoms with van der Waals surface area (Å²) in [7, 11) is -0.742. The van der Waals surface area contributed by atoms with Gasteiger partial charge in [-0.05, 0) is 66.8 Å². The van der Waals surface area contributed by atoms with Crippen molar-refractivity contribution in [2.45, 2.75) is 31.6 Å². The number of esters is 1. The average Bonchev–Trinajstić information content (AvgIpc) is 3.31. The Kier molecular flexibility index (Phi) is 6.13. The number of methoxy groups -OCH3 is 1. The van der Waals surface area contributed by atoms with E-state index >= 15 is 0 Å². The zero-order chi connectivity index (χ0) is 24.8. The number of ether oxygens (including phenoxy) is 1. The fourth-order valence-electron chi connectivity index (χ4n) is 3.97. The number of nitrogens with one attached hydrogen (secondary N) is 1. The van der Waals surface area contributed by atoms with E-state index in [-0.39, 0.29) is 16.4 Å². The molecule has 0 radical (unpaired) electrons. The standard InChI is InChI=1S/C24H25N3O5S2/c1-14(2)22-15(3)26(4)27(23(22)28)18-7-9-19(10-8-18)34(30,31)25-17-6-11-20-16(12-17)13-21(33-20)24(29)32-5/h6-14,25H,1-5H3. The SMILES string of the molecule is COC(=O)c1cc2cc(NS(=O)(=O)c3ccc(-n4c(=O)c(C(C)C)c(C)n4C)cc3)ccc2s1. The molecule has 0 aliphatic carbocycles. The van der Waals surface area contributed by atoms with Crippen LogP contribution in [0.25, 0.3) is 15.8 Å². The van der Waals surface area contributed by atoms with Gasteiger partial charge in [0.05, 0.1) is 17.7 Å². The number of rotatable bonds is 6. The van der Waals surface area contributed by atoms with E-state index in [0.29, 0.717) is 16.3 Å². The molecule has 0 aliphatic rings. The molecular weight excluding hydrogens is 474 g/mol. The first-order valence-corrected chi connectivity index (χ1v) is 12.9. The summed E-state index contributed by atoms with van der Waals surface area (Å²) in [5.74, 6) is -0.357. The largest absolute Gasteiger partial charge is 0.465 e. The molecule has 0 aliphatic heterocycles. The quantitative estimate of drug-likeness (QED) is 0.396. The Labute approximate surface area is 201 Å². The summed E-state index contributed by atoms with van der Waals surface area (Å²) >= 11 is 1.28. The number of sulfonamides is 1. The van der Waals surface area contributed by atoms with Crippen LogP contribution < -0.4 is 10.3 Å². The van der Waals surface area contributed by atoms with Crippen LogP contribution in [0.1, 0.15) is 40.7 Å². The first kappa shape index (κ1) is 23.8. The van der Waals surface area contributed by atoms with Crippen molar-refractivity contribution in [1.82, 2.24) is 9.36 Å². The summed E-state index contributed by atoms with van der Waals surface area (Å²) in [6.07, 6.45) is 0. The zero-order valence-corrected chi connectivity index (χ0v) is 21.1. The Morgan fingerprint density at radius 1 is 1.09 bits per heavy atom. The van der Waals surface area contributed by atoms with E-state index in [4.69, 9.17) is 4.74 Å². The van der Waals surface area contributed by atoms with Crippen molar-refractivity contribution in [1.29, 1.82) is 0 Å². The smallest absolute Gasteiger partial charge is 0.348 e. The lowest BCUT2D eigenvalue weighted by Crippen LogP contribution is -2.21. The highest BCUT2D eigenvalue weighted by Gasteiger charge is 2.20. The lowest BCUT2D eigenvalue weighted by Gasteiger charge is -2.11. The predicted molar refractivity (Wildman–Crippen MR) is 134 cm³/mol. The van der Waals surface area contributed by atoms with Crippen molar-refractivity contribution in [3.63, 3.8) is 0 Å². The topological polar surface area (TPSA) is 99.4 Å². The maximum atomic E-state index is 13.0. The van der Waals surface area contributed by atoms with Gasteiger partial charge in [-0.2, -0.15) is 0 Å². The monoisotopic (exact) mass is 499 g/mol. The molecule has 2 heterocycles. The summed E-state index contributed by atoms with van der Waals surface area (Å²) in [4.78, 5) is 25.2. The first-order valence-electron chi connectivity index (χ1n) is 10.6. The molecule has 0 fully saturated rings. The van der Waals surface area contributed by atoms with Gasteiger partial charge < -0.3 is 4.74 Å². The van der Waals surface area contributed by atoms with Gasteiger partial charge in [0.15, 0.2) is 0 Å². The number of benzene rings is 2. The Hall–Kier alpha value is -3.37. The fraction of sp³-hybridized carbons (Fsp3) is 0.250. The second kappa shape index (κ2) is 8.77. The summed E-state index contributed by atoms with van der Waals surface area (Å²) in [6.45, 7) is 5.84. The van der Waals surface area contributed by atoms with E-state index in [2.05, 4.69) is 4.72 Å². The van der Waals surface area contributed by atoms with Gasteiger partial charge >= 0.3 is 5.97 Å². The van der Waals surface area contributed by atoms with Crippen LogP contribution in [-0.4, -0.2) is 30.9 Å². The van der Waals surface area contributed by atoms with Crippen molar-refractivity contribution >= 4 is 43.1 Å². The summed E-state index contributed by atoms with van der Waals surface area (Å²) in [5.41, 5.74) is 2.45. The molecule has 0 saturated carbocycles. The number of hydrogen-bond acceptors (Lipinski definition) is 6. The number of anilines is 1. The normalized spacial score (nSPS) is 11.8. The zero-order valence-electron chi connectivity index (χ0n) is 19.4. The van der Waals surface area contributed by atoms with Crippen molar-refractivity contribution in [3.8, 4) is 5.69 Å². The van der Waals surface area contributed by atoms with Crippen LogP contribution >= 0.6 is 11.3 Å². The van der Waals surface area contributed by atoms with E-state index in [0.717, 1.165) is 21.3 Å². The van der Waals surface area contributed by atoms with Gasteiger partial charge in [0, 0.05) is 28.7 Å². The minimum absolute atomic E-state index is 0.0694. The summed E-state index contributed by atoms with van der Waals surface area (Å²) < 4.78 is 37.4. The van der Waals surface area contributed by atoms with Gasteiger partial charge in [-0.15, -0.1) is 11.3 Å². The number of thiophene rings is 1. The minimum atomic E-state index is -3.86. The maximum absolute atomic E-state index is 13.0. The average molecular weight is 500 g/mol. The molecule has 0 unspecified atom stereocenters. The van der Waals surface area contributed by atoms with E-state index in [9.17, 15) is 18.0 Å². The van der Waals surface area contributed by atoms with E-state index in [1.54, 1.807) is 48.1 Å². The number of nitrogens with zero attached hydrogens (tertiary/aromatic N) is 2. The molecular formula is C24H25N3O5S2. The van der Waals surface area contributed by atoms with Crippen molar-refractivity contribution in [2.24, 2.45) is 7.05 Å². The maximum Gasteiger partial charge on any atom is 0.348 e. The number of fused-ring (bicyclic) bond motifs is 1. The molecule has 0 spiro atoms. The van der Waals surface area contributed by atoms with Gasteiger partial charge in [0.2, 0.25) is 0 Å².